The fourth-order valence-corrected chi connectivity index (χ4v) is 4.93. The highest BCUT2D eigenvalue weighted by atomic mass is 32.2. The lowest BCUT2D eigenvalue weighted by Gasteiger charge is -2.03. The number of thiazole rings is 1. The number of esters is 1. The zero-order valence-corrected chi connectivity index (χ0v) is 19.2. The Morgan fingerprint density at radius 1 is 1.30 bits per heavy atom. The molecule has 0 aliphatic carbocycles. The van der Waals surface area contributed by atoms with Crippen molar-refractivity contribution in [1.82, 2.24) is 9.72 Å². The first-order valence-corrected chi connectivity index (χ1v) is 11.9. The molecule has 1 aromatic carbocycles. The molecular weight excluding hydrogens is 472 g/mol. The van der Waals surface area contributed by atoms with Crippen molar-refractivity contribution in [1.29, 1.82) is 0 Å². The first-order chi connectivity index (χ1) is 15.6. The zero-order chi connectivity index (χ0) is 24.2. The van der Waals surface area contributed by atoms with E-state index < -0.39 is 39.1 Å². The molecule has 0 radical (unpaired) electrons. The van der Waals surface area contributed by atoms with Gasteiger partial charge in [-0.2, -0.15) is 4.99 Å². The van der Waals surface area contributed by atoms with Crippen LogP contribution < -0.4 is 10.1 Å². The Morgan fingerprint density at radius 3 is 2.70 bits per heavy atom. The van der Waals surface area contributed by atoms with Crippen molar-refractivity contribution < 1.29 is 32.1 Å². The average molecular weight is 491 g/mol. The number of terminal acetylenes is 1. The van der Waals surface area contributed by atoms with Crippen molar-refractivity contribution >= 4 is 55.0 Å². The molecule has 0 atom stereocenters. The van der Waals surface area contributed by atoms with E-state index in [0.29, 0.717) is 21.5 Å². The van der Waals surface area contributed by atoms with Gasteiger partial charge in [-0.25, -0.2) is 13.2 Å². The second-order valence-corrected chi connectivity index (χ2v) is 9.83. The molecule has 1 N–H and O–H groups in total. The number of anilines is 1. The van der Waals surface area contributed by atoms with Crippen LogP contribution in [0.25, 0.3) is 10.2 Å². The topological polar surface area (TPSA) is 150 Å². The van der Waals surface area contributed by atoms with Gasteiger partial charge in [-0.05, 0) is 25.1 Å². The molecule has 33 heavy (non-hydrogen) atoms. The van der Waals surface area contributed by atoms with Gasteiger partial charge >= 0.3 is 5.97 Å². The second kappa shape index (κ2) is 9.80. The molecular formula is C20H18N4O7S2. The molecule has 172 valence electrons. The molecule has 0 spiro atoms. The summed E-state index contributed by atoms with van der Waals surface area (Å²) in [5.41, 5.74) is 0.912. The van der Waals surface area contributed by atoms with E-state index in [1.54, 1.807) is 29.7 Å². The minimum absolute atomic E-state index is 0.0654. The van der Waals surface area contributed by atoms with Crippen molar-refractivity contribution in [2.45, 2.75) is 13.5 Å². The highest BCUT2D eigenvalue weighted by molar-refractivity contribution is 7.92. The Hall–Kier alpha value is -3.76. The van der Waals surface area contributed by atoms with Crippen LogP contribution in [-0.2, 0) is 30.7 Å². The maximum atomic E-state index is 12.4. The Labute approximate surface area is 192 Å². The van der Waals surface area contributed by atoms with Crippen LogP contribution in [0.15, 0.2) is 33.8 Å². The maximum Gasteiger partial charge on any atom is 0.337 e. The molecule has 11 nitrogen and oxygen atoms in total. The van der Waals surface area contributed by atoms with Crippen molar-refractivity contribution in [3.63, 3.8) is 0 Å². The molecule has 2 amide bonds. The lowest BCUT2D eigenvalue weighted by atomic mass is 10.2. The van der Waals surface area contributed by atoms with Crippen molar-refractivity contribution in [2.75, 3.05) is 23.9 Å². The molecule has 0 fully saturated rings. The summed E-state index contributed by atoms with van der Waals surface area (Å²) in [4.78, 5) is 40.2. The number of hydrogen-bond acceptors (Lipinski definition) is 9. The number of fused-ring (bicyclic) bond motifs is 1. The van der Waals surface area contributed by atoms with E-state index in [1.807, 2.05) is 0 Å². The van der Waals surface area contributed by atoms with Gasteiger partial charge in [0.1, 0.15) is 17.3 Å². The minimum atomic E-state index is -4.11. The van der Waals surface area contributed by atoms with E-state index in [2.05, 4.69) is 21.4 Å². The van der Waals surface area contributed by atoms with Gasteiger partial charge < -0.3 is 19.1 Å². The fourth-order valence-electron chi connectivity index (χ4n) is 2.83. The largest absolute Gasteiger partial charge is 0.465 e. The number of carbonyl (C=O) groups excluding carboxylic acids is 3. The molecule has 0 bridgehead atoms. The average Bonchev–Trinajstić information content (AvgIpc) is 3.28. The van der Waals surface area contributed by atoms with Crippen molar-refractivity contribution in [3.05, 3.63) is 40.4 Å². The molecule has 0 unspecified atom stereocenters. The molecule has 2 aromatic heterocycles. The van der Waals surface area contributed by atoms with E-state index in [1.165, 1.54) is 13.2 Å². The number of aryl methyl sites for hydroxylation is 1. The van der Waals surface area contributed by atoms with Gasteiger partial charge in [0.2, 0.25) is 5.91 Å². The third kappa shape index (κ3) is 5.93. The third-order valence-corrected chi connectivity index (χ3v) is 6.59. The summed E-state index contributed by atoms with van der Waals surface area (Å²) in [5.74, 6) is -1.33. The van der Waals surface area contributed by atoms with E-state index in [4.69, 9.17) is 15.7 Å². The third-order valence-electron chi connectivity index (χ3n) is 4.16. The quantitative estimate of drug-likeness (QED) is 0.379. The number of rotatable bonds is 7. The number of carbonyl (C=O) groups is 3. The first kappa shape index (κ1) is 23.9. The fraction of sp³-hybridized carbons (Fsp3) is 0.250. The SMILES string of the molecule is C#CCn1c(=NC(=O)CS(=O)(=O)CC(=O)Nc2cc(C)on2)sc2cc(C(=O)OC)ccc21. The molecule has 0 saturated carbocycles. The Morgan fingerprint density at radius 2 is 2.06 bits per heavy atom. The van der Waals surface area contributed by atoms with Crippen LogP contribution in [-0.4, -0.2) is 54.5 Å². The number of ether oxygens (including phenoxy) is 1. The van der Waals surface area contributed by atoms with E-state index in [-0.39, 0.29) is 17.2 Å². The number of hydrogen-bond donors (Lipinski definition) is 1. The molecule has 0 saturated heterocycles. The van der Waals surface area contributed by atoms with Crippen LogP contribution in [0.1, 0.15) is 16.1 Å². The summed E-state index contributed by atoms with van der Waals surface area (Å²) in [7, 11) is -2.85. The van der Waals surface area contributed by atoms with Gasteiger partial charge in [-0.15, -0.1) is 6.42 Å². The van der Waals surface area contributed by atoms with Crippen LogP contribution in [0.5, 0.6) is 0 Å². The smallest absolute Gasteiger partial charge is 0.337 e. The number of nitrogens with zero attached hydrogens (tertiary/aromatic N) is 3. The van der Waals surface area contributed by atoms with Crippen LogP contribution in [0.3, 0.4) is 0 Å². The number of sulfone groups is 1. The van der Waals surface area contributed by atoms with Crippen LogP contribution in [0, 0.1) is 19.3 Å². The Bertz CT molecular complexity index is 1460. The Balaban J connectivity index is 1.82. The van der Waals surface area contributed by atoms with Crippen LogP contribution in [0.4, 0.5) is 5.82 Å². The summed E-state index contributed by atoms with van der Waals surface area (Å²) in [6.07, 6.45) is 5.41. The second-order valence-electron chi connectivity index (χ2n) is 6.76. The Kier molecular flexibility index (Phi) is 7.10. The highest BCUT2D eigenvalue weighted by Crippen LogP contribution is 2.20. The monoisotopic (exact) mass is 490 g/mol. The maximum absolute atomic E-state index is 12.4. The van der Waals surface area contributed by atoms with Gasteiger partial charge in [0.15, 0.2) is 20.5 Å². The van der Waals surface area contributed by atoms with Crippen LogP contribution >= 0.6 is 11.3 Å². The molecule has 0 aliphatic heterocycles. The predicted molar refractivity (Wildman–Crippen MR) is 119 cm³/mol. The lowest BCUT2D eigenvalue weighted by Crippen LogP contribution is -2.28. The van der Waals surface area contributed by atoms with Crippen molar-refractivity contribution in [2.24, 2.45) is 4.99 Å². The molecule has 3 rings (SSSR count). The van der Waals surface area contributed by atoms with Crippen molar-refractivity contribution in [3.8, 4) is 12.3 Å². The summed E-state index contributed by atoms with van der Waals surface area (Å²) in [6, 6.07) is 6.15. The molecule has 3 aromatic rings. The summed E-state index contributed by atoms with van der Waals surface area (Å²) < 4.78 is 36.2. The van der Waals surface area contributed by atoms with Gasteiger partial charge in [-0.1, -0.05) is 22.4 Å². The van der Waals surface area contributed by atoms with Gasteiger partial charge in [0, 0.05) is 6.07 Å². The number of aromatic nitrogens is 2. The van der Waals surface area contributed by atoms with Crippen LogP contribution in [0.2, 0.25) is 0 Å². The van der Waals surface area contributed by atoms with E-state index in [9.17, 15) is 22.8 Å². The first-order valence-electron chi connectivity index (χ1n) is 9.28. The van der Waals surface area contributed by atoms with E-state index in [0.717, 1.165) is 11.3 Å². The van der Waals surface area contributed by atoms with E-state index >= 15 is 0 Å². The van der Waals surface area contributed by atoms with Gasteiger partial charge in [0.25, 0.3) is 5.91 Å². The molecule has 2 heterocycles. The van der Waals surface area contributed by atoms with Gasteiger partial charge in [-0.3, -0.25) is 9.59 Å². The van der Waals surface area contributed by atoms with Gasteiger partial charge in [0.05, 0.1) is 29.4 Å². The number of methoxy groups -OCH3 is 1. The highest BCUT2D eigenvalue weighted by Gasteiger charge is 2.22. The summed E-state index contributed by atoms with van der Waals surface area (Å²) >= 11 is 1.06. The zero-order valence-electron chi connectivity index (χ0n) is 17.5. The molecule has 0 aliphatic rings. The summed E-state index contributed by atoms with van der Waals surface area (Å²) in [6.45, 7) is 1.67. The predicted octanol–water partition coefficient (Wildman–Crippen LogP) is 0.900. The lowest BCUT2D eigenvalue weighted by molar-refractivity contribution is -0.115. The summed E-state index contributed by atoms with van der Waals surface area (Å²) in [5, 5.41) is 5.82. The normalized spacial score (nSPS) is 11.8. The number of nitrogens with one attached hydrogen (secondary N) is 1. The molecule has 13 heteroatoms. The number of amides is 2. The minimum Gasteiger partial charge on any atom is -0.465 e. The number of benzene rings is 1. The standard InChI is InChI=1S/C20H18N4O7S2/c1-4-7-24-14-6-5-13(19(27)30-3)9-15(14)32-20(24)22-18(26)11-33(28,29)10-17(25)21-16-8-12(2)31-23-16/h1,5-6,8-9H,7,10-11H2,2-3H3,(H,21,23,25).